The minimum Gasteiger partial charge on any atom is -0.424 e. The van der Waals surface area contributed by atoms with Crippen molar-refractivity contribution in [3.8, 4) is 0 Å². The van der Waals surface area contributed by atoms with Crippen molar-refractivity contribution in [2.75, 3.05) is 25.4 Å². The molecule has 0 heterocycles. The average molecular weight is 123 g/mol. The van der Waals surface area contributed by atoms with E-state index >= 15 is 0 Å². The first kappa shape index (κ1) is 7.27. The fourth-order valence-electron chi connectivity index (χ4n) is 0.214. The summed E-state index contributed by atoms with van der Waals surface area (Å²) in [7, 11) is 0. The van der Waals surface area contributed by atoms with E-state index in [2.05, 4.69) is 0 Å². The second-order valence-corrected chi connectivity index (χ2v) is 2.03. The summed E-state index contributed by atoms with van der Waals surface area (Å²) in [5.41, 5.74) is 0. The molecule has 2 nitrogen and oxygen atoms in total. The Morgan fingerprint density at radius 1 is 1.71 bits per heavy atom. The average Bonchev–Trinajstić information content (AvgIpc) is 1.69. The third-order valence-electron chi connectivity index (χ3n) is 0.534. The van der Waals surface area contributed by atoms with E-state index in [1.165, 1.54) is 0 Å². The zero-order valence-corrected chi connectivity index (χ0v) is 5.25. The summed E-state index contributed by atoms with van der Waals surface area (Å²) in [6.07, 6.45) is 2.02. The van der Waals surface area contributed by atoms with Crippen molar-refractivity contribution in [2.45, 2.75) is 0 Å². The molecule has 0 fully saturated rings. The lowest BCUT2D eigenvalue weighted by atomic mass is 10.9. The molecular formula is C4H11O2S+. The maximum Gasteiger partial charge on any atom is 0.253 e. The summed E-state index contributed by atoms with van der Waals surface area (Å²) in [6, 6.07) is 0. The summed E-state index contributed by atoms with van der Waals surface area (Å²) < 4.78 is 4.72. The maximum atomic E-state index is 6.55. The van der Waals surface area contributed by atoms with Gasteiger partial charge in [0.05, 0.1) is 6.61 Å². The fourth-order valence-corrected chi connectivity index (χ4v) is 0.499. The number of ether oxygens (including phenoxy) is 1. The Bertz CT molecular complexity index is 28.9. The van der Waals surface area contributed by atoms with Crippen LogP contribution < -0.4 is 0 Å². The van der Waals surface area contributed by atoms with Crippen molar-refractivity contribution in [3.05, 3.63) is 0 Å². The van der Waals surface area contributed by atoms with Crippen LogP contribution in [0.5, 0.6) is 0 Å². The van der Waals surface area contributed by atoms with Gasteiger partial charge in [0, 0.05) is 5.75 Å². The zero-order valence-electron chi connectivity index (χ0n) is 4.44. The summed E-state index contributed by atoms with van der Waals surface area (Å²) in [6.45, 7) is 0.811. The highest BCUT2D eigenvalue weighted by atomic mass is 32.2. The van der Waals surface area contributed by atoms with Gasteiger partial charge in [-0.3, -0.25) is 0 Å². The monoisotopic (exact) mass is 123 g/mol. The number of rotatable bonds is 4. The van der Waals surface area contributed by atoms with Crippen LogP contribution >= 0.6 is 11.8 Å². The van der Waals surface area contributed by atoms with E-state index in [1.54, 1.807) is 11.8 Å². The lowest BCUT2D eigenvalue weighted by molar-refractivity contribution is 0.00674. The SMILES string of the molecule is CSCCOC[OH2+]. The highest BCUT2D eigenvalue weighted by Gasteiger charge is 1.81. The van der Waals surface area contributed by atoms with Crippen LogP contribution in [-0.2, 0) is 4.74 Å². The van der Waals surface area contributed by atoms with Crippen molar-refractivity contribution in [1.82, 2.24) is 0 Å². The molecule has 0 aromatic rings. The van der Waals surface area contributed by atoms with E-state index in [-0.39, 0.29) is 6.79 Å². The first-order valence-electron chi connectivity index (χ1n) is 2.13. The number of hydrogen-bond donors (Lipinski definition) is 0. The highest BCUT2D eigenvalue weighted by Crippen LogP contribution is 1.88. The molecule has 7 heavy (non-hydrogen) atoms. The highest BCUT2D eigenvalue weighted by molar-refractivity contribution is 7.98. The second kappa shape index (κ2) is 6.27. The Morgan fingerprint density at radius 3 is 2.86 bits per heavy atom. The number of thioether (sulfide) groups is 1. The standard InChI is InChI=1S/C4H10O2S/c1-7-3-2-6-4-5/h5H,2-4H2,1H3/p+1. The second-order valence-electron chi connectivity index (χ2n) is 1.05. The summed E-state index contributed by atoms with van der Waals surface area (Å²) in [5.74, 6) is 0.999. The Balaban J connectivity index is 2.45. The van der Waals surface area contributed by atoms with Crippen LogP contribution in [0.3, 0.4) is 0 Å². The van der Waals surface area contributed by atoms with E-state index in [0.717, 1.165) is 5.75 Å². The molecule has 0 bridgehead atoms. The van der Waals surface area contributed by atoms with Gasteiger partial charge in [-0.1, -0.05) is 0 Å². The van der Waals surface area contributed by atoms with Crippen LogP contribution in [-0.4, -0.2) is 30.5 Å². The first-order valence-corrected chi connectivity index (χ1v) is 3.52. The van der Waals surface area contributed by atoms with Gasteiger partial charge in [-0.05, 0) is 6.26 Å². The van der Waals surface area contributed by atoms with E-state index in [9.17, 15) is 0 Å². The predicted octanol–water partition coefficient (Wildman–Crippen LogP) is 0.0481. The van der Waals surface area contributed by atoms with Crippen molar-refractivity contribution in [1.29, 1.82) is 0 Å². The fraction of sp³-hybridized carbons (Fsp3) is 1.00. The van der Waals surface area contributed by atoms with Gasteiger partial charge >= 0.3 is 0 Å². The molecule has 0 unspecified atom stereocenters. The molecule has 0 spiro atoms. The van der Waals surface area contributed by atoms with Crippen LogP contribution in [0, 0.1) is 0 Å². The molecule has 0 aliphatic rings. The van der Waals surface area contributed by atoms with Crippen LogP contribution in [0.25, 0.3) is 0 Å². The Labute approximate surface area is 47.9 Å². The lowest BCUT2D eigenvalue weighted by Gasteiger charge is -1.91. The van der Waals surface area contributed by atoms with Gasteiger partial charge in [0.2, 0.25) is 0 Å². The molecule has 44 valence electrons. The van der Waals surface area contributed by atoms with Crippen molar-refractivity contribution in [3.63, 3.8) is 0 Å². The van der Waals surface area contributed by atoms with Crippen LogP contribution in [0.15, 0.2) is 0 Å². The van der Waals surface area contributed by atoms with Gasteiger partial charge in [-0.2, -0.15) is 11.8 Å². The quantitative estimate of drug-likeness (QED) is 0.300. The first-order chi connectivity index (χ1) is 3.41. The molecule has 0 amide bonds. The molecule has 0 saturated heterocycles. The zero-order chi connectivity index (χ0) is 5.54. The van der Waals surface area contributed by atoms with Gasteiger partial charge in [-0.15, -0.1) is 0 Å². The molecule has 0 radical (unpaired) electrons. The predicted molar refractivity (Wildman–Crippen MR) is 32.8 cm³/mol. The van der Waals surface area contributed by atoms with E-state index in [0.29, 0.717) is 6.61 Å². The molecular weight excluding hydrogens is 112 g/mol. The Kier molecular flexibility index (Phi) is 6.51. The lowest BCUT2D eigenvalue weighted by Crippen LogP contribution is -1.96. The molecule has 0 aliphatic carbocycles. The molecule has 0 aromatic carbocycles. The molecule has 0 aliphatic heterocycles. The maximum absolute atomic E-state index is 6.55. The van der Waals surface area contributed by atoms with Crippen LogP contribution in [0.4, 0.5) is 0 Å². The Hall–Kier alpha value is 0.270. The largest absolute Gasteiger partial charge is 0.424 e. The van der Waals surface area contributed by atoms with Crippen LogP contribution in [0.2, 0.25) is 0 Å². The van der Waals surface area contributed by atoms with E-state index in [4.69, 9.17) is 9.84 Å². The minimum atomic E-state index is 0.0978. The van der Waals surface area contributed by atoms with Crippen LogP contribution in [0.1, 0.15) is 0 Å². The van der Waals surface area contributed by atoms with Gasteiger partial charge in [-0.25, -0.2) is 0 Å². The molecule has 3 heteroatoms. The summed E-state index contributed by atoms with van der Waals surface area (Å²) in [5, 5.41) is 6.55. The smallest absolute Gasteiger partial charge is 0.253 e. The van der Waals surface area contributed by atoms with Gasteiger partial charge in [0.25, 0.3) is 6.79 Å². The van der Waals surface area contributed by atoms with Crippen molar-refractivity contribution >= 4 is 11.8 Å². The molecule has 0 aromatic heterocycles. The molecule has 0 rings (SSSR count). The summed E-state index contributed by atoms with van der Waals surface area (Å²) >= 11 is 1.73. The van der Waals surface area contributed by atoms with Gasteiger partial charge in [0.15, 0.2) is 0 Å². The minimum absolute atomic E-state index is 0.0978. The molecule has 2 N–H and O–H groups in total. The molecule has 0 atom stereocenters. The van der Waals surface area contributed by atoms with Gasteiger partial charge < -0.3 is 9.84 Å². The normalized spacial score (nSPS) is 9.43. The summed E-state index contributed by atoms with van der Waals surface area (Å²) in [4.78, 5) is 0. The van der Waals surface area contributed by atoms with Gasteiger partial charge in [0.1, 0.15) is 0 Å². The number of hydrogen-bond acceptors (Lipinski definition) is 2. The van der Waals surface area contributed by atoms with E-state index < -0.39 is 0 Å². The molecule has 0 saturated carbocycles. The van der Waals surface area contributed by atoms with E-state index in [1.807, 2.05) is 6.26 Å². The third kappa shape index (κ3) is 6.27. The van der Waals surface area contributed by atoms with Crippen molar-refractivity contribution < 1.29 is 9.84 Å². The topological polar surface area (TPSA) is 32.1 Å². The third-order valence-corrected chi connectivity index (χ3v) is 1.11. The van der Waals surface area contributed by atoms with Crippen molar-refractivity contribution in [2.24, 2.45) is 0 Å². The Morgan fingerprint density at radius 2 is 2.43 bits per heavy atom.